The van der Waals surface area contributed by atoms with Gasteiger partial charge in [0.2, 0.25) is 10.0 Å². The van der Waals surface area contributed by atoms with Crippen molar-refractivity contribution in [2.24, 2.45) is 4.99 Å². The third kappa shape index (κ3) is 6.09. The fourth-order valence-corrected chi connectivity index (χ4v) is 3.28. The Morgan fingerprint density at radius 1 is 1.20 bits per heavy atom. The molecule has 1 fully saturated rings. The maximum atomic E-state index is 11.0. The van der Waals surface area contributed by atoms with Crippen LogP contribution < -0.4 is 14.9 Å². The molecule has 3 N–H and O–H groups in total. The van der Waals surface area contributed by atoms with E-state index in [1.807, 2.05) is 18.2 Å². The molecule has 1 aromatic carbocycles. The second-order valence-electron chi connectivity index (χ2n) is 5.96. The SMILES string of the molecule is CN=C(NCCCNS(C)(=O)=O)N1CCN(c2ccccc2O)CC1. The number of aliphatic imine (C=N–C) groups is 1. The molecule has 1 heterocycles. The Hall–Kier alpha value is -2.00. The number of hydrogen-bond acceptors (Lipinski definition) is 5. The Kier molecular flexibility index (Phi) is 6.89. The van der Waals surface area contributed by atoms with Crippen molar-refractivity contribution in [1.29, 1.82) is 0 Å². The van der Waals surface area contributed by atoms with E-state index < -0.39 is 10.0 Å². The Balaban J connectivity index is 1.77. The highest BCUT2D eigenvalue weighted by atomic mass is 32.2. The number of anilines is 1. The molecule has 25 heavy (non-hydrogen) atoms. The minimum Gasteiger partial charge on any atom is -0.506 e. The van der Waals surface area contributed by atoms with Gasteiger partial charge in [-0.05, 0) is 18.6 Å². The molecule has 9 heteroatoms. The van der Waals surface area contributed by atoms with Crippen molar-refractivity contribution in [3.05, 3.63) is 24.3 Å². The van der Waals surface area contributed by atoms with Gasteiger partial charge in [0.15, 0.2) is 5.96 Å². The average molecular weight is 369 g/mol. The molecular weight excluding hydrogens is 342 g/mol. The zero-order valence-corrected chi connectivity index (χ0v) is 15.6. The zero-order chi connectivity index (χ0) is 18.3. The van der Waals surface area contributed by atoms with Crippen molar-refractivity contribution in [2.75, 3.05) is 57.5 Å². The van der Waals surface area contributed by atoms with E-state index in [1.54, 1.807) is 13.1 Å². The van der Waals surface area contributed by atoms with Gasteiger partial charge >= 0.3 is 0 Å². The Labute approximate surface area is 149 Å². The third-order valence-corrected chi connectivity index (χ3v) is 4.74. The van der Waals surface area contributed by atoms with E-state index in [1.165, 1.54) is 0 Å². The maximum Gasteiger partial charge on any atom is 0.208 e. The molecule has 0 spiro atoms. The van der Waals surface area contributed by atoms with Gasteiger partial charge in [0.05, 0.1) is 11.9 Å². The average Bonchev–Trinajstić information content (AvgIpc) is 2.58. The molecule has 8 nitrogen and oxygen atoms in total. The largest absolute Gasteiger partial charge is 0.506 e. The van der Waals surface area contributed by atoms with E-state index in [-0.39, 0.29) is 0 Å². The van der Waals surface area contributed by atoms with Crippen LogP contribution in [0.4, 0.5) is 5.69 Å². The molecule has 1 aromatic rings. The predicted molar refractivity (Wildman–Crippen MR) is 101 cm³/mol. The molecule has 1 aliphatic heterocycles. The summed E-state index contributed by atoms with van der Waals surface area (Å²) in [6.07, 6.45) is 1.84. The molecule has 2 rings (SSSR count). The van der Waals surface area contributed by atoms with Gasteiger partial charge in [0.1, 0.15) is 5.75 Å². The molecule has 0 aliphatic carbocycles. The van der Waals surface area contributed by atoms with Gasteiger partial charge in [-0.2, -0.15) is 0 Å². The van der Waals surface area contributed by atoms with E-state index in [0.29, 0.717) is 25.3 Å². The molecule has 0 radical (unpaired) electrons. The van der Waals surface area contributed by atoms with Crippen LogP contribution in [0.3, 0.4) is 0 Å². The van der Waals surface area contributed by atoms with Gasteiger partial charge in [0.25, 0.3) is 0 Å². The van der Waals surface area contributed by atoms with Crippen molar-refractivity contribution in [3.8, 4) is 5.75 Å². The minimum absolute atomic E-state index is 0.303. The van der Waals surface area contributed by atoms with E-state index in [9.17, 15) is 13.5 Å². The predicted octanol–water partition coefficient (Wildman–Crippen LogP) is 0.0289. The first-order valence-electron chi connectivity index (χ1n) is 8.34. The number of sulfonamides is 1. The van der Waals surface area contributed by atoms with Crippen LogP contribution in [0.15, 0.2) is 29.3 Å². The highest BCUT2D eigenvalue weighted by Crippen LogP contribution is 2.27. The van der Waals surface area contributed by atoms with E-state index in [2.05, 4.69) is 24.8 Å². The number of aromatic hydroxyl groups is 1. The molecule has 0 saturated carbocycles. The van der Waals surface area contributed by atoms with Crippen molar-refractivity contribution in [2.45, 2.75) is 6.42 Å². The summed E-state index contributed by atoms with van der Waals surface area (Å²) in [4.78, 5) is 8.63. The zero-order valence-electron chi connectivity index (χ0n) is 14.8. The second kappa shape index (κ2) is 8.91. The van der Waals surface area contributed by atoms with Crippen LogP contribution in [0.25, 0.3) is 0 Å². The Morgan fingerprint density at radius 3 is 2.48 bits per heavy atom. The number of piperazine rings is 1. The Bertz CT molecular complexity index is 685. The lowest BCUT2D eigenvalue weighted by Crippen LogP contribution is -2.52. The maximum absolute atomic E-state index is 11.0. The number of nitrogens with one attached hydrogen (secondary N) is 2. The molecule has 0 aromatic heterocycles. The summed E-state index contributed by atoms with van der Waals surface area (Å²) in [6, 6.07) is 7.37. The standard InChI is InChI=1S/C16H27N5O3S/c1-17-16(18-8-5-9-19-25(2,23)24)21-12-10-20(11-13-21)14-6-3-4-7-15(14)22/h3-4,6-7,19,22H,5,8-13H2,1-2H3,(H,17,18). The second-order valence-corrected chi connectivity index (χ2v) is 7.79. The monoisotopic (exact) mass is 369 g/mol. The molecule has 0 amide bonds. The number of phenolic OH excluding ortho intramolecular Hbond substituents is 1. The molecule has 1 aliphatic rings. The number of rotatable bonds is 6. The first-order chi connectivity index (χ1) is 11.9. The topological polar surface area (TPSA) is 97.3 Å². The van der Waals surface area contributed by atoms with Crippen LogP contribution in [0.5, 0.6) is 5.75 Å². The molecule has 0 bridgehead atoms. The van der Waals surface area contributed by atoms with Gasteiger partial charge in [-0.1, -0.05) is 12.1 Å². The number of phenols is 1. The summed E-state index contributed by atoms with van der Waals surface area (Å²) in [5.74, 6) is 1.12. The molecular formula is C16H27N5O3S. The van der Waals surface area contributed by atoms with Gasteiger partial charge in [-0.25, -0.2) is 13.1 Å². The first kappa shape index (κ1) is 19.3. The van der Waals surface area contributed by atoms with Crippen LogP contribution in [-0.4, -0.2) is 77.0 Å². The quantitative estimate of drug-likeness (QED) is 0.372. The first-order valence-corrected chi connectivity index (χ1v) is 10.2. The summed E-state index contributed by atoms with van der Waals surface area (Å²) in [7, 11) is -1.39. The van der Waals surface area contributed by atoms with E-state index in [0.717, 1.165) is 44.1 Å². The van der Waals surface area contributed by atoms with Crippen LogP contribution >= 0.6 is 0 Å². The summed E-state index contributed by atoms with van der Waals surface area (Å²) in [5.41, 5.74) is 0.858. The van der Waals surface area contributed by atoms with Crippen molar-refractivity contribution < 1.29 is 13.5 Å². The number of nitrogens with zero attached hydrogens (tertiary/aromatic N) is 3. The highest BCUT2D eigenvalue weighted by molar-refractivity contribution is 7.88. The van der Waals surface area contributed by atoms with Crippen LogP contribution in [0, 0.1) is 0 Å². The lowest BCUT2D eigenvalue weighted by atomic mass is 10.2. The summed E-state index contributed by atoms with van der Waals surface area (Å²) in [5, 5.41) is 13.2. The Morgan fingerprint density at radius 2 is 1.88 bits per heavy atom. The number of benzene rings is 1. The van der Waals surface area contributed by atoms with Gasteiger partial charge in [0, 0.05) is 46.3 Å². The highest BCUT2D eigenvalue weighted by Gasteiger charge is 2.21. The smallest absolute Gasteiger partial charge is 0.208 e. The van der Waals surface area contributed by atoms with Crippen molar-refractivity contribution in [3.63, 3.8) is 0 Å². The summed E-state index contributed by atoms with van der Waals surface area (Å²) in [6.45, 7) is 4.26. The van der Waals surface area contributed by atoms with Gasteiger partial charge in [-0.3, -0.25) is 4.99 Å². The fourth-order valence-electron chi connectivity index (χ4n) is 2.77. The van der Waals surface area contributed by atoms with Crippen LogP contribution in [0.1, 0.15) is 6.42 Å². The number of guanidine groups is 1. The number of para-hydroxylation sites is 2. The normalized spacial score (nSPS) is 16.2. The summed E-state index contributed by atoms with van der Waals surface area (Å²) < 4.78 is 24.5. The van der Waals surface area contributed by atoms with E-state index >= 15 is 0 Å². The molecule has 1 saturated heterocycles. The number of hydrogen-bond donors (Lipinski definition) is 3. The minimum atomic E-state index is -3.13. The molecule has 140 valence electrons. The molecule has 0 unspecified atom stereocenters. The lowest BCUT2D eigenvalue weighted by molar-refractivity contribution is 0.369. The van der Waals surface area contributed by atoms with E-state index in [4.69, 9.17) is 0 Å². The molecule has 0 atom stereocenters. The van der Waals surface area contributed by atoms with Gasteiger partial charge < -0.3 is 20.2 Å². The van der Waals surface area contributed by atoms with Gasteiger partial charge in [-0.15, -0.1) is 0 Å². The fraction of sp³-hybridized carbons (Fsp3) is 0.562. The third-order valence-electron chi connectivity index (χ3n) is 4.01. The summed E-state index contributed by atoms with van der Waals surface area (Å²) >= 11 is 0. The van der Waals surface area contributed by atoms with Crippen molar-refractivity contribution in [1.82, 2.24) is 14.9 Å². The lowest BCUT2D eigenvalue weighted by Gasteiger charge is -2.37. The van der Waals surface area contributed by atoms with Crippen LogP contribution in [0.2, 0.25) is 0 Å². The van der Waals surface area contributed by atoms with Crippen molar-refractivity contribution >= 4 is 21.7 Å². The van der Waals surface area contributed by atoms with Crippen LogP contribution in [-0.2, 0) is 10.0 Å².